The Morgan fingerprint density at radius 2 is 2.00 bits per heavy atom. The van der Waals surface area contributed by atoms with Crippen molar-refractivity contribution < 1.29 is 4.79 Å². The molecule has 0 radical (unpaired) electrons. The van der Waals surface area contributed by atoms with Gasteiger partial charge in [-0.15, -0.1) is 0 Å². The van der Waals surface area contributed by atoms with E-state index >= 15 is 0 Å². The van der Waals surface area contributed by atoms with Crippen LogP contribution in [0.1, 0.15) is 25.3 Å². The van der Waals surface area contributed by atoms with Gasteiger partial charge in [-0.1, -0.05) is 30.3 Å². The van der Waals surface area contributed by atoms with E-state index in [-0.39, 0.29) is 5.91 Å². The third-order valence-corrected chi connectivity index (χ3v) is 2.74. The number of carbonyl (C=O) groups is 1. The van der Waals surface area contributed by atoms with Crippen molar-refractivity contribution in [1.29, 1.82) is 0 Å². The van der Waals surface area contributed by atoms with Gasteiger partial charge >= 0.3 is 0 Å². The molecule has 0 saturated heterocycles. The molecule has 1 amide bonds. The summed E-state index contributed by atoms with van der Waals surface area (Å²) in [5.74, 6) is 0.113. The predicted molar refractivity (Wildman–Crippen MR) is 70.9 cm³/mol. The van der Waals surface area contributed by atoms with Gasteiger partial charge in [0.25, 0.3) is 0 Å². The van der Waals surface area contributed by atoms with Crippen molar-refractivity contribution in [3.8, 4) is 0 Å². The Balaban J connectivity index is 2.13. The van der Waals surface area contributed by atoms with Crippen LogP contribution in [0.3, 0.4) is 0 Å². The van der Waals surface area contributed by atoms with Gasteiger partial charge in [-0.05, 0) is 31.9 Å². The summed E-state index contributed by atoms with van der Waals surface area (Å²) in [7, 11) is 1.67. The highest BCUT2D eigenvalue weighted by molar-refractivity contribution is 5.75. The zero-order valence-electron chi connectivity index (χ0n) is 10.7. The van der Waals surface area contributed by atoms with Crippen molar-refractivity contribution in [1.82, 2.24) is 10.6 Å². The topological polar surface area (TPSA) is 41.1 Å². The second-order valence-electron chi connectivity index (χ2n) is 4.32. The molecule has 2 N–H and O–H groups in total. The van der Waals surface area contributed by atoms with E-state index in [1.54, 1.807) is 7.05 Å². The fraction of sp³-hybridized carbons (Fsp3) is 0.500. The molecule has 0 aromatic heterocycles. The lowest BCUT2D eigenvalue weighted by Crippen LogP contribution is -2.30. The molecule has 0 aliphatic rings. The van der Waals surface area contributed by atoms with Gasteiger partial charge in [-0.3, -0.25) is 4.79 Å². The minimum Gasteiger partial charge on any atom is -0.359 e. The summed E-state index contributed by atoms with van der Waals surface area (Å²) in [6, 6.07) is 10.9. The Morgan fingerprint density at radius 1 is 1.29 bits per heavy atom. The van der Waals surface area contributed by atoms with E-state index in [0.29, 0.717) is 12.5 Å². The molecule has 0 heterocycles. The van der Waals surface area contributed by atoms with Crippen molar-refractivity contribution in [3.63, 3.8) is 0 Å². The van der Waals surface area contributed by atoms with Gasteiger partial charge in [-0.2, -0.15) is 0 Å². The lowest BCUT2D eigenvalue weighted by molar-refractivity contribution is -0.120. The number of amides is 1. The van der Waals surface area contributed by atoms with E-state index < -0.39 is 0 Å². The Hall–Kier alpha value is -1.35. The van der Waals surface area contributed by atoms with Crippen LogP contribution in [0.2, 0.25) is 0 Å². The number of hydrogen-bond donors (Lipinski definition) is 2. The van der Waals surface area contributed by atoms with Gasteiger partial charge in [0, 0.05) is 19.5 Å². The average molecular weight is 234 g/mol. The molecule has 1 atom stereocenters. The predicted octanol–water partition coefficient (Wildman–Crippen LogP) is 1.73. The van der Waals surface area contributed by atoms with Gasteiger partial charge in [0.2, 0.25) is 5.91 Å². The van der Waals surface area contributed by atoms with E-state index in [4.69, 9.17) is 0 Å². The third kappa shape index (κ3) is 6.07. The molecule has 0 saturated carbocycles. The standard InChI is InChI=1S/C14H22N2O/c1-12(11-13-7-4-3-5-8-13)16-10-6-9-14(17)15-2/h3-5,7-8,12,16H,6,9-11H2,1-2H3,(H,15,17). The van der Waals surface area contributed by atoms with Crippen LogP contribution in [0.4, 0.5) is 0 Å². The SMILES string of the molecule is CNC(=O)CCCNC(C)Cc1ccccc1. The lowest BCUT2D eigenvalue weighted by Gasteiger charge is -2.13. The zero-order valence-corrected chi connectivity index (χ0v) is 10.7. The highest BCUT2D eigenvalue weighted by atomic mass is 16.1. The first kappa shape index (κ1) is 13.7. The molecule has 0 fully saturated rings. The van der Waals surface area contributed by atoms with Crippen LogP contribution in [-0.4, -0.2) is 25.5 Å². The lowest BCUT2D eigenvalue weighted by atomic mass is 10.1. The van der Waals surface area contributed by atoms with Crippen LogP contribution >= 0.6 is 0 Å². The molecule has 1 aromatic carbocycles. The van der Waals surface area contributed by atoms with Crippen LogP contribution in [-0.2, 0) is 11.2 Å². The van der Waals surface area contributed by atoms with Crippen molar-refractivity contribution in [2.75, 3.05) is 13.6 Å². The molecule has 1 rings (SSSR count). The van der Waals surface area contributed by atoms with Crippen molar-refractivity contribution in [3.05, 3.63) is 35.9 Å². The van der Waals surface area contributed by atoms with Crippen LogP contribution in [0.15, 0.2) is 30.3 Å². The smallest absolute Gasteiger partial charge is 0.219 e. The van der Waals surface area contributed by atoms with E-state index in [0.717, 1.165) is 19.4 Å². The van der Waals surface area contributed by atoms with Crippen LogP contribution in [0.5, 0.6) is 0 Å². The monoisotopic (exact) mass is 234 g/mol. The highest BCUT2D eigenvalue weighted by Gasteiger charge is 2.03. The Labute approximate surface area is 104 Å². The van der Waals surface area contributed by atoms with Gasteiger partial charge in [0.1, 0.15) is 0 Å². The number of rotatable bonds is 7. The van der Waals surface area contributed by atoms with Crippen molar-refractivity contribution in [2.45, 2.75) is 32.2 Å². The van der Waals surface area contributed by atoms with Crippen molar-refractivity contribution in [2.24, 2.45) is 0 Å². The summed E-state index contributed by atoms with van der Waals surface area (Å²) in [6.45, 7) is 3.06. The second-order valence-corrected chi connectivity index (χ2v) is 4.32. The molecule has 0 bridgehead atoms. The fourth-order valence-corrected chi connectivity index (χ4v) is 1.76. The van der Waals surface area contributed by atoms with Crippen LogP contribution in [0.25, 0.3) is 0 Å². The molecule has 1 aromatic rings. The Kier molecular flexibility index (Phi) is 6.33. The maximum atomic E-state index is 11.0. The first-order chi connectivity index (χ1) is 8.22. The van der Waals surface area contributed by atoms with E-state index in [1.807, 2.05) is 6.07 Å². The number of benzene rings is 1. The first-order valence-electron chi connectivity index (χ1n) is 6.20. The van der Waals surface area contributed by atoms with Crippen LogP contribution in [0, 0.1) is 0 Å². The fourth-order valence-electron chi connectivity index (χ4n) is 1.76. The normalized spacial score (nSPS) is 12.1. The minimum absolute atomic E-state index is 0.113. The summed E-state index contributed by atoms with van der Waals surface area (Å²) in [6.07, 6.45) is 2.52. The summed E-state index contributed by atoms with van der Waals surface area (Å²) >= 11 is 0. The van der Waals surface area contributed by atoms with Crippen molar-refractivity contribution >= 4 is 5.91 Å². The zero-order chi connectivity index (χ0) is 12.5. The summed E-state index contributed by atoms with van der Waals surface area (Å²) in [5.41, 5.74) is 1.35. The molecular formula is C14H22N2O. The van der Waals surface area contributed by atoms with Crippen LogP contribution < -0.4 is 10.6 Å². The third-order valence-electron chi connectivity index (χ3n) is 2.74. The molecule has 1 unspecified atom stereocenters. The minimum atomic E-state index is 0.113. The van der Waals surface area contributed by atoms with E-state index in [9.17, 15) is 4.79 Å². The van der Waals surface area contributed by atoms with Gasteiger partial charge in [0.05, 0.1) is 0 Å². The number of hydrogen-bond acceptors (Lipinski definition) is 2. The molecule has 3 heteroatoms. The first-order valence-corrected chi connectivity index (χ1v) is 6.20. The Morgan fingerprint density at radius 3 is 2.65 bits per heavy atom. The molecule has 0 aliphatic heterocycles. The molecule has 3 nitrogen and oxygen atoms in total. The molecule has 0 spiro atoms. The summed E-state index contributed by atoms with van der Waals surface area (Å²) in [5, 5.41) is 6.06. The maximum absolute atomic E-state index is 11.0. The molecule has 94 valence electrons. The summed E-state index contributed by atoms with van der Waals surface area (Å²) in [4.78, 5) is 11.0. The van der Waals surface area contributed by atoms with Gasteiger partial charge in [-0.25, -0.2) is 0 Å². The largest absolute Gasteiger partial charge is 0.359 e. The number of nitrogens with one attached hydrogen (secondary N) is 2. The maximum Gasteiger partial charge on any atom is 0.219 e. The quantitative estimate of drug-likeness (QED) is 0.706. The highest BCUT2D eigenvalue weighted by Crippen LogP contribution is 2.02. The second kappa shape index (κ2) is 7.85. The molecular weight excluding hydrogens is 212 g/mol. The number of carbonyl (C=O) groups excluding carboxylic acids is 1. The Bertz CT molecular complexity index is 324. The summed E-state index contributed by atoms with van der Waals surface area (Å²) < 4.78 is 0. The average Bonchev–Trinajstić information content (AvgIpc) is 2.35. The van der Waals surface area contributed by atoms with Gasteiger partial charge < -0.3 is 10.6 Å². The molecule has 0 aliphatic carbocycles. The van der Waals surface area contributed by atoms with E-state index in [2.05, 4.69) is 41.8 Å². The molecule has 17 heavy (non-hydrogen) atoms. The van der Waals surface area contributed by atoms with E-state index in [1.165, 1.54) is 5.56 Å². The van der Waals surface area contributed by atoms with Gasteiger partial charge in [0.15, 0.2) is 0 Å².